The number of hydrogen-bond acceptors (Lipinski definition) is 3. The van der Waals surface area contributed by atoms with Crippen LogP contribution in [0.3, 0.4) is 0 Å². The van der Waals surface area contributed by atoms with Crippen LogP contribution in [0.4, 0.5) is 42.1 Å². The fourth-order valence-electron chi connectivity index (χ4n) is 1.88. The van der Waals surface area contributed by atoms with Crippen LogP contribution < -0.4 is 11.1 Å². The van der Waals surface area contributed by atoms with E-state index in [0.29, 0.717) is 10.6 Å². The number of rotatable bonds is 4. The summed E-state index contributed by atoms with van der Waals surface area (Å²) < 4.78 is 91.8. The second kappa shape index (κ2) is 7.44. The summed E-state index contributed by atoms with van der Waals surface area (Å²) in [6, 6.07) is 6.15. The lowest BCUT2D eigenvalue weighted by molar-refractivity contribution is -0.143. The summed E-state index contributed by atoms with van der Waals surface area (Å²) in [5.74, 6) is -11.5. The van der Waals surface area contributed by atoms with Crippen LogP contribution in [-0.4, -0.2) is 11.7 Å². The lowest BCUT2D eigenvalue weighted by atomic mass is 10.1. The first-order valence-electron chi connectivity index (χ1n) is 6.73. The first-order chi connectivity index (χ1) is 12.0. The Morgan fingerprint density at radius 1 is 0.962 bits per heavy atom. The topological polar surface area (TPSA) is 55.1 Å². The summed E-state index contributed by atoms with van der Waals surface area (Å²) in [7, 11) is 0. The molecule has 3 nitrogen and oxygen atoms in total. The minimum absolute atomic E-state index is 0.424. The predicted molar refractivity (Wildman–Crippen MR) is 81.5 cm³/mol. The Balaban J connectivity index is 2.21. The average Bonchev–Trinajstić information content (AvgIpc) is 2.55. The van der Waals surface area contributed by atoms with E-state index in [1.54, 1.807) is 12.1 Å². The summed E-state index contributed by atoms with van der Waals surface area (Å²) >= 11 is 0.904. The van der Waals surface area contributed by atoms with Gasteiger partial charge in [-0.05, 0) is 24.3 Å². The Kier molecular flexibility index (Phi) is 5.69. The number of carbonyl (C=O) groups excluding carboxylic acids is 1. The molecule has 0 atom stereocenters. The smallest absolute Gasteiger partial charge is 0.399 e. The number of halogens is 7. The minimum atomic E-state index is -5.65. The number of anilines is 2. The fraction of sp³-hybridized carbons (Fsp3) is 0.133. The average molecular weight is 398 g/mol. The Bertz CT molecular complexity index is 808. The third kappa shape index (κ3) is 4.21. The molecule has 0 aliphatic carbocycles. The number of hydrogen-bond donors (Lipinski definition) is 2. The number of benzene rings is 2. The summed E-state index contributed by atoms with van der Waals surface area (Å²) in [4.78, 5) is 12.3. The van der Waals surface area contributed by atoms with Crippen LogP contribution in [0.25, 0.3) is 0 Å². The molecule has 26 heavy (non-hydrogen) atoms. The molecule has 3 N–H and O–H groups in total. The highest BCUT2D eigenvalue weighted by Gasteiger charge is 2.42. The molecule has 0 fully saturated rings. The number of nitrogens with two attached hydrogens (primary N) is 1. The van der Waals surface area contributed by atoms with Gasteiger partial charge in [0.05, 0.1) is 5.75 Å². The molecule has 0 heterocycles. The molecule has 2 aromatic rings. The van der Waals surface area contributed by atoms with Crippen molar-refractivity contribution in [1.29, 1.82) is 0 Å². The zero-order valence-electron chi connectivity index (χ0n) is 12.6. The molecular weight excluding hydrogens is 389 g/mol. The van der Waals surface area contributed by atoms with E-state index in [2.05, 4.69) is 0 Å². The molecule has 0 bridgehead atoms. The van der Waals surface area contributed by atoms with Gasteiger partial charge in [-0.3, -0.25) is 4.79 Å². The maximum atomic E-state index is 13.7. The molecule has 2 aromatic carbocycles. The summed E-state index contributed by atoms with van der Waals surface area (Å²) in [6.45, 7) is 0. The molecular formula is C15H9F7N2OS. The third-order valence-electron chi connectivity index (χ3n) is 3.06. The zero-order valence-corrected chi connectivity index (χ0v) is 13.4. The molecule has 0 unspecified atom stereocenters. The standard InChI is InChI=1S/C15H9F7N2OS/c16-10-9(15(20,21)22)11(17)13(19)14(12(10)18)24-8(25)5-26-7-3-1-6(23)2-4-7/h1-4H,5,23H2,(H,24,25). The molecule has 0 saturated carbocycles. The van der Waals surface area contributed by atoms with E-state index >= 15 is 0 Å². The fourth-order valence-corrected chi connectivity index (χ4v) is 2.58. The quantitative estimate of drug-likeness (QED) is 0.343. The van der Waals surface area contributed by atoms with Crippen molar-refractivity contribution in [3.63, 3.8) is 0 Å². The number of amides is 1. The van der Waals surface area contributed by atoms with Crippen LogP contribution in [0.2, 0.25) is 0 Å². The highest BCUT2D eigenvalue weighted by atomic mass is 32.2. The molecule has 1 amide bonds. The largest absolute Gasteiger partial charge is 0.422 e. The van der Waals surface area contributed by atoms with Gasteiger partial charge in [0.2, 0.25) is 5.91 Å². The van der Waals surface area contributed by atoms with E-state index < -0.39 is 52.4 Å². The summed E-state index contributed by atoms with van der Waals surface area (Å²) in [5, 5.41) is 1.54. The summed E-state index contributed by atoms with van der Waals surface area (Å²) in [5.41, 5.74) is 1.59. The van der Waals surface area contributed by atoms with Gasteiger partial charge in [-0.1, -0.05) is 0 Å². The van der Waals surface area contributed by atoms with Gasteiger partial charge in [0.1, 0.15) is 11.3 Å². The van der Waals surface area contributed by atoms with Crippen molar-refractivity contribution in [3.05, 3.63) is 53.1 Å². The highest BCUT2D eigenvalue weighted by Crippen LogP contribution is 2.38. The van der Waals surface area contributed by atoms with Crippen molar-refractivity contribution >= 4 is 29.0 Å². The van der Waals surface area contributed by atoms with Gasteiger partial charge in [0.25, 0.3) is 0 Å². The van der Waals surface area contributed by atoms with Crippen molar-refractivity contribution < 1.29 is 35.5 Å². The van der Waals surface area contributed by atoms with Gasteiger partial charge in [0, 0.05) is 10.6 Å². The van der Waals surface area contributed by atoms with Crippen molar-refractivity contribution in [2.75, 3.05) is 16.8 Å². The Morgan fingerprint density at radius 3 is 1.92 bits per heavy atom. The highest BCUT2D eigenvalue weighted by molar-refractivity contribution is 8.00. The molecule has 0 aromatic heterocycles. The minimum Gasteiger partial charge on any atom is -0.399 e. The Hall–Kier alpha value is -2.43. The molecule has 2 rings (SSSR count). The lowest BCUT2D eigenvalue weighted by Crippen LogP contribution is -2.21. The molecule has 0 spiro atoms. The van der Waals surface area contributed by atoms with Crippen LogP contribution in [0.15, 0.2) is 29.2 Å². The Labute approximate surface area is 146 Å². The van der Waals surface area contributed by atoms with E-state index in [1.165, 1.54) is 17.4 Å². The molecule has 0 radical (unpaired) electrons. The zero-order chi connectivity index (χ0) is 19.6. The van der Waals surface area contributed by atoms with Gasteiger partial charge in [-0.25, -0.2) is 17.6 Å². The van der Waals surface area contributed by atoms with Crippen LogP contribution in [0.5, 0.6) is 0 Å². The van der Waals surface area contributed by atoms with Crippen molar-refractivity contribution in [2.45, 2.75) is 11.1 Å². The van der Waals surface area contributed by atoms with E-state index in [9.17, 15) is 35.5 Å². The van der Waals surface area contributed by atoms with Gasteiger partial charge in [-0.15, -0.1) is 11.8 Å². The van der Waals surface area contributed by atoms with E-state index in [-0.39, 0.29) is 0 Å². The van der Waals surface area contributed by atoms with Gasteiger partial charge >= 0.3 is 6.18 Å². The molecule has 0 aliphatic rings. The van der Waals surface area contributed by atoms with Gasteiger partial charge < -0.3 is 11.1 Å². The number of thioether (sulfide) groups is 1. The molecule has 0 aliphatic heterocycles. The van der Waals surface area contributed by atoms with Crippen LogP contribution in [-0.2, 0) is 11.0 Å². The SMILES string of the molecule is Nc1ccc(SCC(=O)Nc2c(F)c(F)c(C(F)(F)F)c(F)c2F)cc1. The van der Waals surface area contributed by atoms with Crippen LogP contribution in [0, 0.1) is 23.3 Å². The first kappa shape index (κ1) is 19.9. The van der Waals surface area contributed by atoms with Crippen molar-refractivity contribution in [3.8, 4) is 0 Å². The van der Waals surface area contributed by atoms with Crippen molar-refractivity contribution in [1.82, 2.24) is 0 Å². The third-order valence-corrected chi connectivity index (χ3v) is 4.07. The van der Waals surface area contributed by atoms with Gasteiger partial charge in [-0.2, -0.15) is 13.2 Å². The second-order valence-electron chi connectivity index (χ2n) is 4.91. The maximum absolute atomic E-state index is 13.7. The number of nitrogens with one attached hydrogen (secondary N) is 1. The Morgan fingerprint density at radius 2 is 1.46 bits per heavy atom. The second-order valence-corrected chi connectivity index (χ2v) is 5.96. The lowest BCUT2D eigenvalue weighted by Gasteiger charge is -2.14. The van der Waals surface area contributed by atoms with Crippen LogP contribution in [0.1, 0.15) is 5.56 Å². The number of alkyl halides is 3. The molecule has 11 heteroatoms. The monoisotopic (exact) mass is 398 g/mol. The maximum Gasteiger partial charge on any atom is 0.422 e. The van der Waals surface area contributed by atoms with Crippen molar-refractivity contribution in [2.24, 2.45) is 0 Å². The normalized spacial score (nSPS) is 11.5. The number of carbonyl (C=O) groups is 1. The molecule has 0 saturated heterocycles. The van der Waals surface area contributed by atoms with E-state index in [1.807, 2.05) is 0 Å². The molecule has 140 valence electrons. The van der Waals surface area contributed by atoms with E-state index in [0.717, 1.165) is 11.8 Å². The first-order valence-corrected chi connectivity index (χ1v) is 7.72. The number of nitrogen functional groups attached to an aromatic ring is 1. The van der Waals surface area contributed by atoms with E-state index in [4.69, 9.17) is 5.73 Å². The predicted octanol–water partition coefficient (Wildman–Crippen LogP) is 4.57. The summed E-state index contributed by atoms with van der Waals surface area (Å²) in [6.07, 6.45) is -5.65. The van der Waals surface area contributed by atoms with Gasteiger partial charge in [0.15, 0.2) is 23.3 Å². The van der Waals surface area contributed by atoms with Crippen LogP contribution >= 0.6 is 11.8 Å².